The summed E-state index contributed by atoms with van der Waals surface area (Å²) < 4.78 is 49.8. The molecule has 16 heavy (non-hydrogen) atoms. The van der Waals surface area contributed by atoms with E-state index in [1.54, 1.807) is 0 Å². The average molecular weight is 302 g/mol. The van der Waals surface area contributed by atoms with E-state index in [1.165, 1.54) is 0 Å². The largest absolute Gasteiger partial charge is 0.416 e. The molecule has 6 heteroatoms. The van der Waals surface area contributed by atoms with Crippen molar-refractivity contribution < 1.29 is 17.6 Å². The minimum atomic E-state index is -4.58. The molecule has 92 valence electrons. The van der Waals surface area contributed by atoms with Gasteiger partial charge in [-0.15, -0.1) is 0 Å². The minimum absolute atomic E-state index is 0.0346. The van der Waals surface area contributed by atoms with Gasteiger partial charge in [0.25, 0.3) is 0 Å². The van der Waals surface area contributed by atoms with Crippen LogP contribution in [0.15, 0.2) is 16.6 Å². The summed E-state index contributed by atoms with van der Waals surface area (Å²) >= 11 is 2.83. The molecule has 0 amide bonds. The molecule has 0 aliphatic heterocycles. The van der Waals surface area contributed by atoms with Crippen molar-refractivity contribution in [1.82, 2.24) is 0 Å². The standard InChI is InChI=1S/C8H6BrF4N.C2H6/c9-7-2-4(10)1-6(5(7)3-14)8(11,12)13;1-2/h1-2H,3,14H2;1-2H3. The van der Waals surface area contributed by atoms with Crippen molar-refractivity contribution in [3.8, 4) is 0 Å². The fourth-order valence-electron chi connectivity index (χ4n) is 1.06. The van der Waals surface area contributed by atoms with Gasteiger partial charge >= 0.3 is 6.18 Å². The van der Waals surface area contributed by atoms with E-state index in [-0.39, 0.29) is 16.6 Å². The Bertz CT molecular complexity index is 349. The first kappa shape index (κ1) is 15.4. The molecule has 0 saturated carbocycles. The molecule has 0 bridgehead atoms. The highest BCUT2D eigenvalue weighted by Gasteiger charge is 2.34. The van der Waals surface area contributed by atoms with Gasteiger partial charge in [-0.2, -0.15) is 13.2 Å². The van der Waals surface area contributed by atoms with Crippen molar-refractivity contribution in [2.45, 2.75) is 26.6 Å². The third-order valence-corrected chi connectivity index (χ3v) is 2.38. The van der Waals surface area contributed by atoms with Gasteiger partial charge < -0.3 is 5.73 Å². The lowest BCUT2D eigenvalue weighted by molar-refractivity contribution is -0.138. The van der Waals surface area contributed by atoms with Crippen LogP contribution in [-0.4, -0.2) is 0 Å². The van der Waals surface area contributed by atoms with Crippen LogP contribution >= 0.6 is 15.9 Å². The van der Waals surface area contributed by atoms with Crippen LogP contribution in [0.5, 0.6) is 0 Å². The lowest BCUT2D eigenvalue weighted by atomic mass is 10.1. The lowest BCUT2D eigenvalue weighted by Crippen LogP contribution is -2.13. The molecule has 1 aromatic rings. The second-order valence-corrected chi connectivity index (χ2v) is 3.47. The highest BCUT2D eigenvalue weighted by molar-refractivity contribution is 9.10. The number of hydrogen-bond acceptors (Lipinski definition) is 1. The Morgan fingerprint density at radius 1 is 1.25 bits per heavy atom. The number of halogens is 5. The Hall–Kier alpha value is -0.620. The van der Waals surface area contributed by atoms with Crippen LogP contribution in [0.25, 0.3) is 0 Å². The van der Waals surface area contributed by atoms with E-state index in [9.17, 15) is 17.6 Å². The third-order valence-electron chi connectivity index (χ3n) is 1.67. The smallest absolute Gasteiger partial charge is 0.326 e. The number of rotatable bonds is 1. The molecular weight excluding hydrogens is 290 g/mol. The fourth-order valence-corrected chi connectivity index (χ4v) is 1.66. The van der Waals surface area contributed by atoms with Crippen LogP contribution in [0, 0.1) is 5.82 Å². The molecule has 0 aliphatic rings. The van der Waals surface area contributed by atoms with Gasteiger partial charge in [0.05, 0.1) is 5.56 Å². The summed E-state index contributed by atoms with van der Waals surface area (Å²) in [5.74, 6) is -0.943. The maximum absolute atomic E-state index is 12.7. The Morgan fingerprint density at radius 2 is 1.75 bits per heavy atom. The normalized spacial score (nSPS) is 10.8. The molecule has 2 N–H and O–H groups in total. The van der Waals surface area contributed by atoms with Gasteiger partial charge in [-0.25, -0.2) is 4.39 Å². The highest BCUT2D eigenvalue weighted by Crippen LogP contribution is 2.35. The molecule has 0 aromatic heterocycles. The van der Waals surface area contributed by atoms with Crippen molar-refractivity contribution >= 4 is 15.9 Å². The van der Waals surface area contributed by atoms with Crippen molar-refractivity contribution in [3.05, 3.63) is 33.5 Å². The molecule has 1 rings (SSSR count). The van der Waals surface area contributed by atoms with Crippen molar-refractivity contribution in [3.63, 3.8) is 0 Å². The summed E-state index contributed by atoms with van der Waals surface area (Å²) in [6, 6.07) is 1.39. The fraction of sp³-hybridized carbons (Fsp3) is 0.400. The van der Waals surface area contributed by atoms with Gasteiger partial charge in [0.15, 0.2) is 0 Å². The Labute approximate surface area is 99.8 Å². The molecule has 0 radical (unpaired) electrons. The number of hydrogen-bond donors (Lipinski definition) is 1. The number of alkyl halides is 3. The van der Waals surface area contributed by atoms with Crippen molar-refractivity contribution in [2.24, 2.45) is 5.73 Å². The summed E-state index contributed by atoms with van der Waals surface area (Å²) in [5.41, 5.74) is 3.97. The van der Waals surface area contributed by atoms with Crippen LogP contribution in [0.4, 0.5) is 17.6 Å². The van der Waals surface area contributed by atoms with E-state index in [1.807, 2.05) is 13.8 Å². The number of benzene rings is 1. The topological polar surface area (TPSA) is 26.0 Å². The SMILES string of the molecule is CC.NCc1c(Br)cc(F)cc1C(F)(F)F. The van der Waals surface area contributed by atoms with E-state index in [2.05, 4.69) is 15.9 Å². The van der Waals surface area contributed by atoms with Gasteiger partial charge in [-0.1, -0.05) is 29.8 Å². The summed E-state index contributed by atoms with van der Waals surface area (Å²) in [4.78, 5) is 0. The predicted octanol–water partition coefficient (Wildman–Crippen LogP) is 4.09. The average Bonchev–Trinajstić information content (AvgIpc) is 2.18. The van der Waals surface area contributed by atoms with Crippen molar-refractivity contribution in [2.75, 3.05) is 0 Å². The molecule has 0 heterocycles. The van der Waals surface area contributed by atoms with Gasteiger partial charge in [-0.3, -0.25) is 0 Å². The zero-order valence-electron chi connectivity index (χ0n) is 8.83. The van der Waals surface area contributed by atoms with E-state index in [4.69, 9.17) is 5.73 Å². The summed E-state index contributed by atoms with van der Waals surface area (Å²) in [6.07, 6.45) is -4.58. The van der Waals surface area contributed by atoms with E-state index in [0.717, 1.165) is 6.07 Å². The monoisotopic (exact) mass is 301 g/mol. The van der Waals surface area contributed by atoms with Gasteiger partial charge in [-0.05, 0) is 17.7 Å². The molecule has 0 atom stereocenters. The number of nitrogens with two attached hydrogens (primary N) is 1. The maximum Gasteiger partial charge on any atom is 0.416 e. The van der Waals surface area contributed by atoms with Crippen molar-refractivity contribution in [1.29, 1.82) is 0 Å². The zero-order valence-corrected chi connectivity index (χ0v) is 10.4. The molecule has 0 fully saturated rings. The first-order valence-corrected chi connectivity index (χ1v) is 5.40. The first-order valence-electron chi connectivity index (χ1n) is 4.61. The van der Waals surface area contributed by atoms with E-state index < -0.39 is 17.6 Å². The van der Waals surface area contributed by atoms with Gasteiger partial charge in [0.1, 0.15) is 5.82 Å². The summed E-state index contributed by atoms with van der Waals surface area (Å²) in [6.45, 7) is 3.70. The van der Waals surface area contributed by atoms with Gasteiger partial charge in [0, 0.05) is 11.0 Å². The molecule has 1 aromatic carbocycles. The zero-order chi connectivity index (χ0) is 12.9. The second kappa shape index (κ2) is 6.20. The Kier molecular flexibility index (Phi) is 5.96. The highest BCUT2D eigenvalue weighted by atomic mass is 79.9. The predicted molar refractivity (Wildman–Crippen MR) is 58.3 cm³/mol. The summed E-state index contributed by atoms with van der Waals surface area (Å²) in [7, 11) is 0. The maximum atomic E-state index is 12.7. The van der Waals surface area contributed by atoms with E-state index in [0.29, 0.717) is 6.07 Å². The minimum Gasteiger partial charge on any atom is -0.326 e. The molecule has 0 saturated heterocycles. The molecular formula is C10H12BrF4N. The Morgan fingerprint density at radius 3 is 2.12 bits per heavy atom. The quantitative estimate of drug-likeness (QED) is 0.777. The Balaban J connectivity index is 0.00000106. The first-order chi connectivity index (χ1) is 7.36. The summed E-state index contributed by atoms with van der Waals surface area (Å²) in [5, 5.41) is 0. The van der Waals surface area contributed by atoms with Gasteiger partial charge in [0.2, 0.25) is 0 Å². The van der Waals surface area contributed by atoms with Crippen LogP contribution in [-0.2, 0) is 12.7 Å². The van der Waals surface area contributed by atoms with E-state index >= 15 is 0 Å². The van der Waals surface area contributed by atoms with Crippen LogP contribution in [0.2, 0.25) is 0 Å². The molecule has 0 aliphatic carbocycles. The third kappa shape index (κ3) is 3.75. The lowest BCUT2D eigenvalue weighted by Gasteiger charge is -2.13. The van der Waals surface area contributed by atoms with Crippen LogP contribution < -0.4 is 5.73 Å². The van der Waals surface area contributed by atoms with Crippen LogP contribution in [0.1, 0.15) is 25.0 Å². The molecule has 0 unspecified atom stereocenters. The second-order valence-electron chi connectivity index (χ2n) is 2.62. The van der Waals surface area contributed by atoms with Crippen LogP contribution in [0.3, 0.4) is 0 Å². The molecule has 0 spiro atoms. The molecule has 1 nitrogen and oxygen atoms in total.